The van der Waals surface area contributed by atoms with Crippen molar-refractivity contribution in [2.45, 2.75) is 132 Å². The molecule has 0 aromatic heterocycles. The molecule has 0 aliphatic heterocycles. The van der Waals surface area contributed by atoms with Crippen LogP contribution in [-0.2, 0) is 0 Å². The molecule has 0 aromatic carbocycles. The molecule has 0 bridgehead atoms. The van der Waals surface area contributed by atoms with Crippen LogP contribution < -0.4 is 0 Å². The molecule has 0 aromatic rings. The highest BCUT2D eigenvalue weighted by Crippen LogP contribution is 2.35. The standard InChI is InChI=1S/2C17H30/c2*1-8-9-16(5)17(6,7)13-12-15(4)11-10-14(2)3/h2*2,4-5,8-13H2,1,3,6-7H3. The Kier molecular flexibility index (Phi) is 18.1. The molecule has 196 valence electrons. The summed E-state index contributed by atoms with van der Waals surface area (Å²) in [7, 11) is 0. The number of hydrogen-bond donors (Lipinski definition) is 0. The molecule has 0 atom stereocenters. The highest BCUT2D eigenvalue weighted by atomic mass is 14.3. The maximum absolute atomic E-state index is 4.22. The van der Waals surface area contributed by atoms with Gasteiger partial charge in [-0.2, -0.15) is 0 Å². The monoisotopic (exact) mass is 468 g/mol. The minimum Gasteiger partial charge on any atom is -0.100 e. The fraction of sp³-hybridized carbons (Fsp3) is 0.647. The fourth-order valence-corrected chi connectivity index (χ4v) is 3.64. The molecule has 0 saturated heterocycles. The maximum atomic E-state index is 4.22. The summed E-state index contributed by atoms with van der Waals surface area (Å²) in [6.07, 6.45) is 13.6. The second-order valence-electron chi connectivity index (χ2n) is 11.9. The zero-order valence-electron chi connectivity index (χ0n) is 24.7. The third kappa shape index (κ3) is 17.9. The molecular weight excluding hydrogens is 408 g/mol. The minimum absolute atomic E-state index is 0.252. The average Bonchev–Trinajstić information content (AvgIpc) is 2.74. The topological polar surface area (TPSA) is 0 Å². The summed E-state index contributed by atoms with van der Waals surface area (Å²) < 4.78 is 0. The molecule has 0 heterocycles. The Morgan fingerprint density at radius 2 is 0.765 bits per heavy atom. The van der Waals surface area contributed by atoms with Crippen LogP contribution in [0, 0.1) is 10.8 Å². The van der Waals surface area contributed by atoms with Gasteiger partial charge in [-0.3, -0.25) is 0 Å². The summed E-state index contributed by atoms with van der Waals surface area (Å²) in [6, 6.07) is 0. The zero-order valence-corrected chi connectivity index (χ0v) is 24.7. The molecule has 0 N–H and O–H groups in total. The smallest absolute Gasteiger partial charge is 0.0144 e. The van der Waals surface area contributed by atoms with Gasteiger partial charge in [0.15, 0.2) is 0 Å². The van der Waals surface area contributed by atoms with Crippen molar-refractivity contribution in [1.82, 2.24) is 0 Å². The van der Waals surface area contributed by atoms with E-state index in [2.05, 4.69) is 94.9 Å². The van der Waals surface area contributed by atoms with E-state index in [9.17, 15) is 0 Å². The summed E-state index contributed by atoms with van der Waals surface area (Å²) in [5.74, 6) is 0. The van der Waals surface area contributed by atoms with Gasteiger partial charge in [-0.05, 0) is 88.9 Å². The summed E-state index contributed by atoms with van der Waals surface area (Å²) in [4.78, 5) is 0. The Morgan fingerprint density at radius 3 is 1.00 bits per heavy atom. The van der Waals surface area contributed by atoms with Crippen LogP contribution in [0.2, 0.25) is 0 Å². The molecule has 0 spiro atoms. The van der Waals surface area contributed by atoms with Crippen molar-refractivity contribution in [3.63, 3.8) is 0 Å². The molecule has 0 aliphatic rings. The van der Waals surface area contributed by atoms with Gasteiger partial charge in [0.1, 0.15) is 0 Å². The fourth-order valence-electron chi connectivity index (χ4n) is 3.64. The molecule has 0 saturated carbocycles. The van der Waals surface area contributed by atoms with E-state index in [1.807, 2.05) is 0 Å². The first kappa shape index (κ1) is 34.6. The van der Waals surface area contributed by atoms with Crippen LogP contribution >= 0.6 is 0 Å². The van der Waals surface area contributed by atoms with E-state index in [4.69, 9.17) is 0 Å². The predicted molar refractivity (Wildman–Crippen MR) is 161 cm³/mol. The molecule has 34 heavy (non-hydrogen) atoms. The van der Waals surface area contributed by atoms with Gasteiger partial charge in [0.05, 0.1) is 0 Å². The van der Waals surface area contributed by atoms with Crippen molar-refractivity contribution in [2.75, 3.05) is 0 Å². The molecule has 0 amide bonds. The third-order valence-corrected chi connectivity index (χ3v) is 7.04. The molecule has 0 fully saturated rings. The van der Waals surface area contributed by atoms with Gasteiger partial charge in [0.2, 0.25) is 0 Å². The van der Waals surface area contributed by atoms with Crippen molar-refractivity contribution in [3.05, 3.63) is 72.9 Å². The Balaban J connectivity index is 0. The van der Waals surface area contributed by atoms with Crippen LogP contribution in [-0.4, -0.2) is 0 Å². The van der Waals surface area contributed by atoms with Gasteiger partial charge < -0.3 is 0 Å². The second-order valence-corrected chi connectivity index (χ2v) is 11.9. The Labute approximate surface area is 216 Å². The van der Waals surface area contributed by atoms with E-state index < -0.39 is 0 Å². The van der Waals surface area contributed by atoms with E-state index in [0.717, 1.165) is 51.4 Å². The minimum atomic E-state index is 0.252. The first-order chi connectivity index (χ1) is 15.6. The molecule has 0 nitrogen and oxygen atoms in total. The van der Waals surface area contributed by atoms with E-state index >= 15 is 0 Å². The van der Waals surface area contributed by atoms with Crippen molar-refractivity contribution in [3.8, 4) is 0 Å². The van der Waals surface area contributed by atoms with E-state index in [1.165, 1.54) is 59.1 Å². The normalized spacial score (nSPS) is 11.3. The van der Waals surface area contributed by atoms with Gasteiger partial charge in [0, 0.05) is 0 Å². The van der Waals surface area contributed by atoms with Crippen LogP contribution in [0.3, 0.4) is 0 Å². The Morgan fingerprint density at radius 1 is 0.471 bits per heavy atom. The van der Waals surface area contributed by atoms with E-state index in [-0.39, 0.29) is 10.8 Å². The highest BCUT2D eigenvalue weighted by Gasteiger charge is 2.21. The average molecular weight is 469 g/mol. The third-order valence-electron chi connectivity index (χ3n) is 7.04. The Hall–Kier alpha value is -1.56. The first-order valence-electron chi connectivity index (χ1n) is 13.6. The summed E-state index contributed by atoms with van der Waals surface area (Å²) in [5, 5.41) is 0. The van der Waals surface area contributed by atoms with Crippen LogP contribution in [0.1, 0.15) is 132 Å². The van der Waals surface area contributed by atoms with Crippen molar-refractivity contribution in [2.24, 2.45) is 10.8 Å². The van der Waals surface area contributed by atoms with Gasteiger partial charge in [-0.1, -0.05) is 114 Å². The molecular formula is C34H60. The molecule has 0 aliphatic carbocycles. The molecule has 0 unspecified atom stereocenters. The summed E-state index contributed by atoms with van der Waals surface area (Å²) in [5.41, 5.74) is 8.47. The van der Waals surface area contributed by atoms with E-state index in [1.54, 1.807) is 0 Å². The SMILES string of the molecule is C=C(C)CCC(=C)CCC(C)(C)C(=C)CCC.C=C(C)CCC(=C)CCC(C)(C)C(=C)CCC. The van der Waals surface area contributed by atoms with Crippen molar-refractivity contribution in [1.29, 1.82) is 0 Å². The molecule has 0 radical (unpaired) electrons. The Bertz CT molecular complexity index is 617. The lowest BCUT2D eigenvalue weighted by Gasteiger charge is -2.28. The highest BCUT2D eigenvalue weighted by molar-refractivity contribution is 5.10. The van der Waals surface area contributed by atoms with Crippen molar-refractivity contribution < 1.29 is 0 Å². The lowest BCUT2D eigenvalue weighted by molar-refractivity contribution is 0.392. The number of rotatable bonds is 18. The van der Waals surface area contributed by atoms with Crippen LogP contribution in [0.25, 0.3) is 0 Å². The van der Waals surface area contributed by atoms with Gasteiger partial charge in [-0.15, -0.1) is 13.2 Å². The number of hydrogen-bond acceptors (Lipinski definition) is 0. The lowest BCUT2D eigenvalue weighted by Crippen LogP contribution is -2.14. The van der Waals surface area contributed by atoms with Gasteiger partial charge in [0.25, 0.3) is 0 Å². The second kappa shape index (κ2) is 17.8. The van der Waals surface area contributed by atoms with Gasteiger partial charge in [-0.25, -0.2) is 0 Å². The van der Waals surface area contributed by atoms with E-state index in [0.29, 0.717) is 0 Å². The maximum Gasteiger partial charge on any atom is -0.0144 e. The predicted octanol–water partition coefficient (Wildman–Crippen LogP) is 12.1. The molecule has 0 rings (SSSR count). The van der Waals surface area contributed by atoms with Crippen molar-refractivity contribution >= 4 is 0 Å². The largest absolute Gasteiger partial charge is 0.100 e. The molecule has 0 heteroatoms. The van der Waals surface area contributed by atoms with Gasteiger partial charge >= 0.3 is 0 Å². The van der Waals surface area contributed by atoms with Crippen LogP contribution in [0.4, 0.5) is 0 Å². The van der Waals surface area contributed by atoms with Crippen LogP contribution in [0.5, 0.6) is 0 Å². The number of allylic oxidation sites excluding steroid dienone is 6. The van der Waals surface area contributed by atoms with Crippen LogP contribution in [0.15, 0.2) is 72.9 Å². The lowest BCUT2D eigenvalue weighted by atomic mass is 9.78. The summed E-state index contributed by atoms with van der Waals surface area (Å²) in [6.45, 7) is 42.5. The zero-order chi connectivity index (χ0) is 26.9. The first-order valence-corrected chi connectivity index (χ1v) is 13.6. The summed E-state index contributed by atoms with van der Waals surface area (Å²) >= 11 is 0. The quantitative estimate of drug-likeness (QED) is 0.175.